The summed E-state index contributed by atoms with van der Waals surface area (Å²) in [6.07, 6.45) is 11.4. The lowest BCUT2D eigenvalue weighted by molar-refractivity contribution is 0.443. The average molecular weight is 383 g/mol. The molecule has 0 heterocycles. The van der Waals surface area contributed by atoms with Crippen molar-refractivity contribution in [2.45, 2.75) is 71.1 Å². The normalized spacial score (nSPS) is 12.4. The van der Waals surface area contributed by atoms with E-state index in [2.05, 4.69) is 75.9 Å². The number of hydrogen-bond donors (Lipinski definition) is 0. The van der Waals surface area contributed by atoms with Gasteiger partial charge in [-0.25, -0.2) is 0 Å². The highest BCUT2D eigenvalue weighted by Gasteiger charge is 2.22. The van der Waals surface area contributed by atoms with Gasteiger partial charge in [-0.2, -0.15) is 0 Å². The van der Waals surface area contributed by atoms with E-state index in [1.54, 1.807) is 0 Å². The lowest BCUT2D eigenvalue weighted by atomic mass is 9.78. The van der Waals surface area contributed by atoms with E-state index in [0.29, 0.717) is 0 Å². The quantitative estimate of drug-likeness (QED) is 0.200. The van der Waals surface area contributed by atoms with Crippen molar-refractivity contribution in [1.29, 1.82) is 0 Å². The minimum atomic E-state index is 0.210. The maximum atomic E-state index is 4.01. The third-order valence-corrected chi connectivity index (χ3v) is 6.79. The molecule has 0 nitrogen and oxygen atoms in total. The zero-order chi connectivity index (χ0) is 20.4. The van der Waals surface area contributed by atoms with Crippen molar-refractivity contribution in [2.24, 2.45) is 0 Å². The van der Waals surface area contributed by atoms with Gasteiger partial charge in [-0.3, -0.25) is 0 Å². The van der Waals surface area contributed by atoms with E-state index in [-0.39, 0.29) is 5.41 Å². The first-order valence-corrected chi connectivity index (χ1v) is 11.4. The first kappa shape index (κ1) is 20.0. The van der Waals surface area contributed by atoms with Crippen molar-refractivity contribution in [3.05, 3.63) is 66.2 Å². The molecule has 4 aromatic carbocycles. The maximum Gasteiger partial charge on any atom is -0.00208 e. The third-order valence-electron chi connectivity index (χ3n) is 6.79. The second-order valence-electron chi connectivity index (χ2n) is 9.33. The molecule has 0 aliphatic rings. The van der Waals surface area contributed by atoms with Gasteiger partial charge >= 0.3 is 0 Å². The van der Waals surface area contributed by atoms with Gasteiger partial charge in [-0.1, -0.05) is 120 Å². The van der Waals surface area contributed by atoms with Crippen molar-refractivity contribution >= 4 is 38.4 Å². The second-order valence-corrected chi connectivity index (χ2v) is 9.33. The minimum Gasteiger partial charge on any atom is -0.0984 e. The van der Waals surface area contributed by atoms with E-state index in [9.17, 15) is 0 Å². The van der Waals surface area contributed by atoms with Crippen molar-refractivity contribution in [3.63, 3.8) is 0 Å². The molecule has 150 valence electrons. The van der Waals surface area contributed by atoms with E-state index in [0.717, 1.165) is 0 Å². The van der Waals surface area contributed by atoms with Crippen molar-refractivity contribution in [2.75, 3.05) is 0 Å². The van der Waals surface area contributed by atoms with E-state index in [1.165, 1.54) is 88.4 Å². The van der Waals surface area contributed by atoms with Gasteiger partial charge in [0, 0.05) is 0 Å². The highest BCUT2D eigenvalue weighted by molar-refractivity contribution is 6.24. The first-order valence-electron chi connectivity index (χ1n) is 11.4. The first-order chi connectivity index (χ1) is 14.0. The lowest BCUT2D eigenvalue weighted by Crippen LogP contribution is -2.17. The Morgan fingerprint density at radius 1 is 0.759 bits per heavy atom. The molecule has 0 radical (unpaired) electrons. The monoisotopic (exact) mass is 382 g/mol. The van der Waals surface area contributed by atoms with Gasteiger partial charge in [0.1, 0.15) is 0 Å². The highest BCUT2D eigenvalue weighted by atomic mass is 14.3. The Hall–Kier alpha value is -2.34. The van der Waals surface area contributed by atoms with Crippen LogP contribution in [0.2, 0.25) is 0 Å². The van der Waals surface area contributed by atoms with E-state index in [4.69, 9.17) is 0 Å². The zero-order valence-corrected chi connectivity index (χ0v) is 18.4. The fourth-order valence-electron chi connectivity index (χ4n) is 4.90. The third kappa shape index (κ3) is 3.78. The summed E-state index contributed by atoms with van der Waals surface area (Å²) in [6.45, 7) is 11.1. The molecule has 0 unspecified atom stereocenters. The van der Waals surface area contributed by atoms with Crippen LogP contribution in [0.25, 0.3) is 38.4 Å². The minimum absolute atomic E-state index is 0.210. The Morgan fingerprint density at radius 2 is 1.38 bits per heavy atom. The molecule has 0 spiro atoms. The van der Waals surface area contributed by atoms with E-state index in [1.807, 2.05) is 6.08 Å². The molecule has 4 rings (SSSR count). The molecule has 0 saturated carbocycles. The standard InChI is InChI=1S/C29H34/c1-5-7-8-9-10-11-18-29(3,4)25-19-23-15-14-22-13-12-21(6-2)26-17-16-24(20-25)27(23)28(22)26/h6,12-17,19-20H,2,5,7-11,18H2,1,3-4H3. The molecule has 0 bridgehead atoms. The van der Waals surface area contributed by atoms with Crippen molar-refractivity contribution < 1.29 is 0 Å². The van der Waals surface area contributed by atoms with Crippen LogP contribution in [0, 0.1) is 0 Å². The summed E-state index contributed by atoms with van der Waals surface area (Å²) in [5.41, 5.74) is 2.90. The summed E-state index contributed by atoms with van der Waals surface area (Å²) >= 11 is 0. The van der Waals surface area contributed by atoms with Crippen molar-refractivity contribution in [1.82, 2.24) is 0 Å². The van der Waals surface area contributed by atoms with Crippen LogP contribution >= 0.6 is 0 Å². The Morgan fingerprint density at radius 3 is 2.10 bits per heavy atom. The summed E-state index contributed by atoms with van der Waals surface area (Å²) < 4.78 is 0. The Bertz CT molecular complexity index is 1110. The number of benzene rings is 4. The van der Waals surface area contributed by atoms with Gasteiger partial charge in [0.25, 0.3) is 0 Å². The number of hydrogen-bond acceptors (Lipinski definition) is 0. The Labute approximate surface area is 176 Å². The molecule has 0 fully saturated rings. The van der Waals surface area contributed by atoms with Gasteiger partial charge in [-0.05, 0) is 55.3 Å². The molecular formula is C29H34. The van der Waals surface area contributed by atoms with Crippen LogP contribution in [0.15, 0.2) is 55.1 Å². The van der Waals surface area contributed by atoms with Gasteiger partial charge in [0.05, 0.1) is 0 Å². The largest absolute Gasteiger partial charge is 0.0984 e. The van der Waals surface area contributed by atoms with Gasteiger partial charge in [-0.15, -0.1) is 0 Å². The maximum absolute atomic E-state index is 4.01. The van der Waals surface area contributed by atoms with Gasteiger partial charge < -0.3 is 0 Å². The molecule has 0 aromatic heterocycles. The molecule has 0 aliphatic carbocycles. The highest BCUT2D eigenvalue weighted by Crippen LogP contribution is 2.40. The van der Waals surface area contributed by atoms with Crippen LogP contribution in [-0.4, -0.2) is 0 Å². The molecule has 4 aromatic rings. The smallest absolute Gasteiger partial charge is 0.00208 e. The summed E-state index contributed by atoms with van der Waals surface area (Å²) in [6, 6.07) is 18.5. The molecule has 0 atom stereocenters. The molecule has 0 aliphatic heterocycles. The summed E-state index contributed by atoms with van der Waals surface area (Å²) in [5.74, 6) is 0. The summed E-state index contributed by atoms with van der Waals surface area (Å²) in [4.78, 5) is 0. The van der Waals surface area contributed by atoms with E-state index < -0.39 is 0 Å². The van der Waals surface area contributed by atoms with Gasteiger partial charge in [0.15, 0.2) is 0 Å². The van der Waals surface area contributed by atoms with Crippen LogP contribution in [-0.2, 0) is 5.41 Å². The summed E-state index contributed by atoms with van der Waals surface area (Å²) in [5, 5.41) is 8.17. The van der Waals surface area contributed by atoms with Crippen LogP contribution < -0.4 is 0 Å². The van der Waals surface area contributed by atoms with Crippen molar-refractivity contribution in [3.8, 4) is 0 Å². The Kier molecular flexibility index (Phi) is 5.63. The van der Waals surface area contributed by atoms with Crippen LogP contribution in [0.4, 0.5) is 0 Å². The number of rotatable bonds is 9. The second kappa shape index (κ2) is 8.19. The number of unbranched alkanes of at least 4 members (excludes halogenated alkanes) is 5. The molecule has 0 saturated heterocycles. The SMILES string of the molecule is C=Cc1ccc2ccc3cc(C(C)(C)CCCCCCCC)cc4ccc1c2c34. The van der Waals surface area contributed by atoms with Crippen LogP contribution in [0.5, 0.6) is 0 Å². The fourth-order valence-corrected chi connectivity index (χ4v) is 4.90. The summed E-state index contributed by atoms with van der Waals surface area (Å²) in [7, 11) is 0. The zero-order valence-electron chi connectivity index (χ0n) is 18.4. The molecular weight excluding hydrogens is 348 g/mol. The average Bonchev–Trinajstić information content (AvgIpc) is 2.74. The molecule has 0 amide bonds. The lowest BCUT2D eigenvalue weighted by Gasteiger charge is -2.27. The molecule has 0 heteroatoms. The predicted molar refractivity (Wildman–Crippen MR) is 131 cm³/mol. The van der Waals surface area contributed by atoms with Crippen LogP contribution in [0.3, 0.4) is 0 Å². The molecule has 29 heavy (non-hydrogen) atoms. The fraction of sp³-hybridized carbons (Fsp3) is 0.379. The molecule has 0 N–H and O–H groups in total. The van der Waals surface area contributed by atoms with E-state index >= 15 is 0 Å². The Balaban J connectivity index is 1.69. The van der Waals surface area contributed by atoms with Gasteiger partial charge in [0.2, 0.25) is 0 Å². The van der Waals surface area contributed by atoms with Crippen LogP contribution in [0.1, 0.15) is 76.8 Å². The topological polar surface area (TPSA) is 0 Å². The predicted octanol–water partition coefficient (Wildman–Crippen LogP) is 9.26.